The molecule has 1 aromatic rings. The second kappa shape index (κ2) is 5.02. The first-order valence-corrected chi connectivity index (χ1v) is 5.44. The minimum Gasteiger partial charge on any atom is -0.389 e. The van der Waals surface area contributed by atoms with Crippen molar-refractivity contribution < 1.29 is 14.6 Å². The first-order chi connectivity index (χ1) is 8.54. The molecule has 100 valence electrons. The van der Waals surface area contributed by atoms with Crippen molar-refractivity contribution in [1.82, 2.24) is 9.55 Å². The summed E-state index contributed by atoms with van der Waals surface area (Å²) in [6.07, 6.45) is -1.08. The van der Waals surface area contributed by atoms with Crippen LogP contribution in [-0.4, -0.2) is 46.6 Å². The van der Waals surface area contributed by atoms with Gasteiger partial charge in [0.25, 0.3) is 5.56 Å². The molecule has 1 fully saturated rings. The molecule has 0 aromatic carbocycles. The normalized spacial score (nSPS) is 31.7. The van der Waals surface area contributed by atoms with E-state index in [0.717, 1.165) is 4.57 Å². The Morgan fingerprint density at radius 3 is 2.94 bits per heavy atom. The van der Waals surface area contributed by atoms with Crippen molar-refractivity contribution in [2.45, 2.75) is 24.5 Å². The van der Waals surface area contributed by atoms with Gasteiger partial charge in [-0.05, 0) is 0 Å². The van der Waals surface area contributed by atoms with Gasteiger partial charge in [-0.1, -0.05) is 0 Å². The monoisotopic (exact) mass is 257 g/mol. The number of rotatable bonds is 3. The van der Waals surface area contributed by atoms with E-state index < -0.39 is 35.7 Å². The molecule has 0 radical (unpaired) electrons. The van der Waals surface area contributed by atoms with Crippen molar-refractivity contribution in [3.8, 4) is 0 Å². The van der Waals surface area contributed by atoms with Gasteiger partial charge in [-0.3, -0.25) is 14.3 Å². The van der Waals surface area contributed by atoms with Crippen LogP contribution < -0.4 is 17.0 Å². The Kier molecular flexibility index (Phi) is 3.62. The summed E-state index contributed by atoms with van der Waals surface area (Å²) in [5, 5.41) is 9.85. The Morgan fingerprint density at radius 1 is 1.61 bits per heavy atom. The average molecular weight is 257 g/mol. The van der Waals surface area contributed by atoms with Gasteiger partial charge in [-0.2, -0.15) is 0 Å². The Morgan fingerprint density at radius 2 is 2.33 bits per heavy atom. The van der Waals surface area contributed by atoms with Gasteiger partial charge in [0, 0.05) is 19.4 Å². The van der Waals surface area contributed by atoms with E-state index in [1.807, 2.05) is 0 Å². The van der Waals surface area contributed by atoms with Gasteiger partial charge >= 0.3 is 5.69 Å². The van der Waals surface area contributed by atoms with E-state index in [0.29, 0.717) is 0 Å². The Labute approximate surface area is 102 Å². The van der Waals surface area contributed by atoms with Crippen LogP contribution in [0.15, 0.2) is 21.9 Å². The smallest absolute Gasteiger partial charge is 0.330 e. The number of nitrogens with two attached hydrogens (primary N) is 1. The molecule has 0 spiro atoms. The van der Waals surface area contributed by atoms with E-state index in [1.54, 1.807) is 0 Å². The molecule has 1 aromatic heterocycles. The van der Waals surface area contributed by atoms with Crippen molar-refractivity contribution in [1.29, 1.82) is 0 Å². The predicted octanol–water partition coefficient (Wildman–Crippen LogP) is -2.23. The van der Waals surface area contributed by atoms with Crippen LogP contribution in [0, 0.1) is 0 Å². The number of hydrogen-bond acceptors (Lipinski definition) is 6. The molecule has 4 atom stereocenters. The number of methoxy groups -OCH3 is 1. The lowest BCUT2D eigenvalue weighted by Gasteiger charge is -2.17. The van der Waals surface area contributed by atoms with E-state index in [9.17, 15) is 14.7 Å². The second-order valence-corrected chi connectivity index (χ2v) is 4.11. The van der Waals surface area contributed by atoms with E-state index >= 15 is 0 Å². The largest absolute Gasteiger partial charge is 0.389 e. The lowest BCUT2D eigenvalue weighted by molar-refractivity contribution is -0.0551. The molecule has 2 heterocycles. The van der Waals surface area contributed by atoms with E-state index in [2.05, 4.69) is 4.98 Å². The van der Waals surface area contributed by atoms with Crippen molar-refractivity contribution in [2.24, 2.45) is 5.73 Å². The zero-order valence-electron chi connectivity index (χ0n) is 9.78. The molecule has 0 bridgehead atoms. The molecular formula is C10H15N3O5. The van der Waals surface area contributed by atoms with Crippen LogP contribution in [0.3, 0.4) is 0 Å². The maximum absolute atomic E-state index is 11.6. The first-order valence-electron chi connectivity index (χ1n) is 5.44. The van der Waals surface area contributed by atoms with Gasteiger partial charge in [0.15, 0.2) is 6.23 Å². The van der Waals surface area contributed by atoms with Gasteiger partial charge in [0.1, 0.15) is 12.2 Å². The van der Waals surface area contributed by atoms with E-state index in [4.69, 9.17) is 15.2 Å². The number of aromatic amines is 1. The third-order valence-electron chi connectivity index (χ3n) is 2.88. The minimum absolute atomic E-state index is 0.170. The molecular weight excluding hydrogens is 242 g/mol. The van der Waals surface area contributed by atoms with Gasteiger partial charge in [0.2, 0.25) is 0 Å². The van der Waals surface area contributed by atoms with Gasteiger partial charge < -0.3 is 20.3 Å². The fraction of sp³-hybridized carbons (Fsp3) is 0.600. The summed E-state index contributed by atoms with van der Waals surface area (Å²) in [4.78, 5) is 24.7. The summed E-state index contributed by atoms with van der Waals surface area (Å²) < 4.78 is 11.5. The first kappa shape index (κ1) is 13.0. The third-order valence-corrected chi connectivity index (χ3v) is 2.88. The lowest BCUT2D eigenvalue weighted by Crippen LogP contribution is -2.42. The molecule has 0 aliphatic carbocycles. The quantitative estimate of drug-likeness (QED) is 0.563. The van der Waals surface area contributed by atoms with Crippen LogP contribution in [0.1, 0.15) is 6.23 Å². The molecule has 8 nitrogen and oxygen atoms in total. The van der Waals surface area contributed by atoms with Crippen LogP contribution in [0.25, 0.3) is 0 Å². The molecule has 2 rings (SSSR count). The number of nitrogens with zero attached hydrogens (tertiary/aromatic N) is 1. The Balaban J connectivity index is 2.29. The fourth-order valence-corrected chi connectivity index (χ4v) is 1.95. The minimum atomic E-state index is -0.936. The van der Waals surface area contributed by atoms with Crippen LogP contribution in [0.2, 0.25) is 0 Å². The van der Waals surface area contributed by atoms with Crippen LogP contribution in [0.5, 0.6) is 0 Å². The molecule has 1 saturated heterocycles. The highest BCUT2D eigenvalue weighted by atomic mass is 16.6. The second-order valence-electron chi connectivity index (χ2n) is 4.11. The number of aromatic nitrogens is 2. The topological polar surface area (TPSA) is 120 Å². The standard InChI is InChI=1S/C10H15N3O5/c1-17-4-5-8(15)7(11)9(18-5)13-3-2-6(14)12-10(13)16/h2-3,5,7-9,15H,4,11H2,1H3,(H,12,14,16)/t5-,7-,8-,9-/m1/s1. The molecule has 0 amide bonds. The summed E-state index contributed by atoms with van der Waals surface area (Å²) >= 11 is 0. The van der Waals surface area contributed by atoms with Crippen LogP contribution in [0.4, 0.5) is 0 Å². The molecule has 8 heteroatoms. The highest BCUT2D eigenvalue weighted by Gasteiger charge is 2.42. The van der Waals surface area contributed by atoms with E-state index in [1.165, 1.54) is 19.4 Å². The number of nitrogens with one attached hydrogen (secondary N) is 1. The zero-order chi connectivity index (χ0) is 13.3. The van der Waals surface area contributed by atoms with Crippen molar-refractivity contribution >= 4 is 0 Å². The highest BCUT2D eigenvalue weighted by Crippen LogP contribution is 2.26. The van der Waals surface area contributed by atoms with Gasteiger partial charge in [0.05, 0.1) is 12.6 Å². The fourth-order valence-electron chi connectivity index (χ4n) is 1.95. The molecule has 4 N–H and O–H groups in total. The SMILES string of the molecule is COC[C@H]1O[C@@H](n2ccc(=O)[nH]c2=O)[C@H](N)[C@@H]1O. The maximum Gasteiger partial charge on any atom is 0.330 e. The molecule has 1 aliphatic heterocycles. The Hall–Kier alpha value is -1.48. The predicted molar refractivity (Wildman–Crippen MR) is 61.1 cm³/mol. The maximum atomic E-state index is 11.6. The number of aliphatic hydroxyl groups excluding tert-OH is 1. The summed E-state index contributed by atoms with van der Waals surface area (Å²) in [5.41, 5.74) is 4.67. The average Bonchev–Trinajstić information content (AvgIpc) is 2.58. The molecule has 0 unspecified atom stereocenters. The summed E-state index contributed by atoms with van der Waals surface area (Å²) in [7, 11) is 1.47. The lowest BCUT2D eigenvalue weighted by atomic mass is 10.1. The van der Waals surface area contributed by atoms with E-state index in [-0.39, 0.29) is 6.61 Å². The highest BCUT2D eigenvalue weighted by molar-refractivity contribution is 4.95. The summed E-state index contributed by atoms with van der Waals surface area (Å²) in [5.74, 6) is 0. The summed E-state index contributed by atoms with van der Waals surface area (Å²) in [6, 6.07) is 0.418. The van der Waals surface area contributed by atoms with Gasteiger partial charge in [-0.25, -0.2) is 4.79 Å². The van der Waals surface area contributed by atoms with Crippen molar-refractivity contribution in [3.05, 3.63) is 33.1 Å². The number of aliphatic hydroxyl groups is 1. The van der Waals surface area contributed by atoms with Crippen molar-refractivity contribution in [2.75, 3.05) is 13.7 Å². The van der Waals surface area contributed by atoms with Crippen LogP contribution >= 0.6 is 0 Å². The zero-order valence-corrected chi connectivity index (χ0v) is 9.78. The molecule has 18 heavy (non-hydrogen) atoms. The summed E-state index contributed by atoms with van der Waals surface area (Å²) in [6.45, 7) is 0.170. The third kappa shape index (κ3) is 2.23. The molecule has 1 aliphatic rings. The van der Waals surface area contributed by atoms with Gasteiger partial charge in [-0.15, -0.1) is 0 Å². The molecule has 0 saturated carbocycles. The van der Waals surface area contributed by atoms with Crippen LogP contribution in [-0.2, 0) is 9.47 Å². The number of hydrogen-bond donors (Lipinski definition) is 3. The van der Waals surface area contributed by atoms with Crippen molar-refractivity contribution in [3.63, 3.8) is 0 Å². The number of ether oxygens (including phenoxy) is 2. The Bertz CT molecular complexity index is 525. The number of H-pyrrole nitrogens is 1.